The van der Waals surface area contributed by atoms with Gasteiger partial charge < -0.3 is 20.5 Å². The largest absolute Gasteiger partial charge is 0.436 e. The first-order chi connectivity index (χ1) is 17.8. The number of pyridine rings is 1. The second kappa shape index (κ2) is 9.15. The Labute approximate surface area is 214 Å². The number of carbonyl (C=O) groups is 1. The molecule has 3 aromatic heterocycles. The first-order valence-corrected chi connectivity index (χ1v) is 12.7. The summed E-state index contributed by atoms with van der Waals surface area (Å²) in [6.07, 6.45) is 8.74. The maximum Gasteiger partial charge on any atom is 0.251 e. The molecule has 3 heterocycles. The third kappa shape index (κ3) is 4.99. The van der Waals surface area contributed by atoms with Crippen LogP contribution in [0.25, 0.3) is 16.9 Å². The molecule has 6 rings (SSSR count). The lowest BCUT2D eigenvalue weighted by Gasteiger charge is -2.41. The highest BCUT2D eigenvalue weighted by molar-refractivity contribution is 5.96. The van der Waals surface area contributed by atoms with Crippen molar-refractivity contribution in [1.82, 2.24) is 24.9 Å². The number of anilines is 1. The van der Waals surface area contributed by atoms with E-state index < -0.39 is 5.60 Å². The maximum absolute atomic E-state index is 12.6. The van der Waals surface area contributed by atoms with E-state index in [4.69, 9.17) is 9.84 Å². The number of ether oxygens (including phenoxy) is 1. The maximum atomic E-state index is 12.6. The molecule has 0 unspecified atom stereocenters. The molecule has 37 heavy (non-hydrogen) atoms. The molecule has 0 saturated heterocycles. The van der Waals surface area contributed by atoms with E-state index in [0.717, 1.165) is 48.2 Å². The summed E-state index contributed by atoms with van der Waals surface area (Å²) in [6, 6.07) is 11.6. The molecule has 4 aromatic rings. The fraction of sp³-hybridized carbons (Fsp3) is 0.357. The summed E-state index contributed by atoms with van der Waals surface area (Å²) in [4.78, 5) is 21.4. The predicted molar refractivity (Wildman–Crippen MR) is 140 cm³/mol. The van der Waals surface area contributed by atoms with E-state index in [9.17, 15) is 9.90 Å². The van der Waals surface area contributed by atoms with Gasteiger partial charge in [-0.05, 0) is 75.3 Å². The monoisotopic (exact) mass is 498 g/mol. The minimum Gasteiger partial charge on any atom is -0.436 e. The van der Waals surface area contributed by atoms with E-state index in [0.29, 0.717) is 41.3 Å². The van der Waals surface area contributed by atoms with Crippen molar-refractivity contribution in [1.29, 1.82) is 0 Å². The Bertz CT molecular complexity index is 1450. The number of hydrogen-bond donors (Lipinski definition) is 3. The number of aliphatic hydroxyl groups is 1. The second-order valence-corrected chi connectivity index (χ2v) is 10.5. The molecule has 190 valence electrons. The molecule has 2 saturated carbocycles. The highest BCUT2D eigenvalue weighted by Gasteiger charge is 2.38. The van der Waals surface area contributed by atoms with Crippen molar-refractivity contribution in [2.75, 3.05) is 11.9 Å². The highest BCUT2D eigenvalue weighted by Crippen LogP contribution is 2.38. The Hall–Kier alpha value is -3.98. The summed E-state index contributed by atoms with van der Waals surface area (Å²) in [7, 11) is 0. The van der Waals surface area contributed by atoms with Crippen LogP contribution in [0.3, 0.4) is 0 Å². The number of imidazole rings is 1. The zero-order valence-electron chi connectivity index (χ0n) is 20.9. The van der Waals surface area contributed by atoms with Gasteiger partial charge in [-0.15, -0.1) is 5.10 Å². The first-order valence-electron chi connectivity index (χ1n) is 12.7. The summed E-state index contributed by atoms with van der Waals surface area (Å²) in [5.74, 6) is 1.34. The van der Waals surface area contributed by atoms with E-state index in [1.165, 1.54) is 0 Å². The van der Waals surface area contributed by atoms with Crippen molar-refractivity contribution in [2.24, 2.45) is 5.92 Å². The standard InChI is InChI=1S/C28H30N6O3/c1-17-10-19(5-8-22(17)27(35)32-20-6-7-20)24-16-31-26-23(30-14-18-12-28(2,36)13-18)11-25(33-34(24)26)37-21-4-3-9-29-15-21/h3-5,8-11,15-16,18,20,30,36H,6-7,12-14H2,1-2H3,(H,32,35). The molecule has 0 radical (unpaired) electrons. The van der Waals surface area contributed by atoms with Crippen LogP contribution in [0.4, 0.5) is 5.69 Å². The van der Waals surface area contributed by atoms with Gasteiger partial charge in [0.2, 0.25) is 5.88 Å². The van der Waals surface area contributed by atoms with E-state index in [2.05, 4.69) is 20.6 Å². The first kappa shape index (κ1) is 23.4. The van der Waals surface area contributed by atoms with E-state index in [1.54, 1.807) is 23.1 Å². The molecule has 2 fully saturated rings. The molecule has 0 spiro atoms. The molecule has 1 amide bonds. The van der Waals surface area contributed by atoms with Crippen molar-refractivity contribution >= 4 is 17.2 Å². The minimum absolute atomic E-state index is 0.0311. The Morgan fingerprint density at radius 3 is 2.76 bits per heavy atom. The topological polar surface area (TPSA) is 114 Å². The third-order valence-electron chi connectivity index (χ3n) is 7.02. The summed E-state index contributed by atoms with van der Waals surface area (Å²) >= 11 is 0. The van der Waals surface area contributed by atoms with Gasteiger partial charge in [0.15, 0.2) is 5.65 Å². The van der Waals surface area contributed by atoms with Gasteiger partial charge in [0.1, 0.15) is 5.75 Å². The van der Waals surface area contributed by atoms with E-state index in [-0.39, 0.29) is 5.91 Å². The molecule has 9 heteroatoms. The van der Waals surface area contributed by atoms with Crippen LogP contribution in [-0.2, 0) is 0 Å². The van der Waals surface area contributed by atoms with Crippen molar-refractivity contribution in [3.05, 3.63) is 66.1 Å². The van der Waals surface area contributed by atoms with Gasteiger partial charge in [-0.3, -0.25) is 9.78 Å². The molecule has 0 bridgehead atoms. The number of nitrogens with one attached hydrogen (secondary N) is 2. The number of hydrogen-bond acceptors (Lipinski definition) is 7. The smallest absolute Gasteiger partial charge is 0.251 e. The number of amides is 1. The molecule has 0 atom stereocenters. The Kier molecular flexibility index (Phi) is 5.79. The Morgan fingerprint density at radius 1 is 1.22 bits per heavy atom. The lowest BCUT2D eigenvalue weighted by Crippen LogP contribution is -2.43. The van der Waals surface area contributed by atoms with E-state index in [1.807, 2.05) is 50.2 Å². The summed E-state index contributed by atoms with van der Waals surface area (Å²) < 4.78 is 7.80. The van der Waals surface area contributed by atoms with Crippen LogP contribution in [-0.4, -0.2) is 48.8 Å². The summed E-state index contributed by atoms with van der Waals surface area (Å²) in [5, 5.41) is 21.4. The highest BCUT2D eigenvalue weighted by atomic mass is 16.5. The third-order valence-corrected chi connectivity index (χ3v) is 7.02. The van der Waals surface area contributed by atoms with Gasteiger partial charge in [0.05, 0.1) is 29.4 Å². The molecular formula is C28H30N6O3. The van der Waals surface area contributed by atoms with Gasteiger partial charge in [0.25, 0.3) is 5.91 Å². The van der Waals surface area contributed by atoms with Gasteiger partial charge in [-0.1, -0.05) is 6.07 Å². The van der Waals surface area contributed by atoms with Crippen molar-refractivity contribution in [3.63, 3.8) is 0 Å². The number of aromatic nitrogens is 4. The summed E-state index contributed by atoms with van der Waals surface area (Å²) in [6.45, 7) is 4.53. The molecule has 2 aliphatic carbocycles. The molecular weight excluding hydrogens is 468 g/mol. The number of nitrogens with zero attached hydrogens (tertiary/aromatic N) is 4. The van der Waals surface area contributed by atoms with Crippen LogP contribution in [0, 0.1) is 12.8 Å². The average molecular weight is 499 g/mol. The average Bonchev–Trinajstić information content (AvgIpc) is 3.57. The number of benzene rings is 1. The van der Waals surface area contributed by atoms with Crippen LogP contribution < -0.4 is 15.4 Å². The minimum atomic E-state index is -0.575. The number of rotatable bonds is 8. The van der Waals surface area contributed by atoms with Crippen molar-refractivity contribution < 1.29 is 14.6 Å². The zero-order valence-corrected chi connectivity index (χ0v) is 20.9. The van der Waals surface area contributed by atoms with Gasteiger partial charge >= 0.3 is 0 Å². The molecule has 3 N–H and O–H groups in total. The van der Waals surface area contributed by atoms with E-state index >= 15 is 0 Å². The van der Waals surface area contributed by atoms with Gasteiger partial charge in [-0.25, -0.2) is 9.50 Å². The quantitative estimate of drug-likeness (QED) is 0.331. The second-order valence-electron chi connectivity index (χ2n) is 10.5. The van der Waals surface area contributed by atoms with Crippen LogP contribution in [0.1, 0.15) is 48.5 Å². The van der Waals surface area contributed by atoms with Crippen LogP contribution in [0.2, 0.25) is 0 Å². The predicted octanol–water partition coefficient (Wildman–Crippen LogP) is 4.36. The normalized spacial score (nSPS) is 20.9. The van der Waals surface area contributed by atoms with Crippen LogP contribution >= 0.6 is 0 Å². The SMILES string of the molecule is Cc1cc(-c2cnc3c(NCC4CC(C)(O)C4)cc(Oc4cccnc4)nn23)ccc1C(=O)NC1CC1. The van der Waals surface area contributed by atoms with Crippen LogP contribution in [0.15, 0.2) is 55.0 Å². The van der Waals surface area contributed by atoms with Gasteiger partial charge in [-0.2, -0.15) is 0 Å². The Balaban J connectivity index is 1.33. The number of fused-ring (bicyclic) bond motifs is 1. The lowest BCUT2D eigenvalue weighted by atomic mass is 9.72. The molecule has 1 aromatic carbocycles. The van der Waals surface area contributed by atoms with Gasteiger partial charge in [0, 0.05) is 36.0 Å². The molecule has 0 aliphatic heterocycles. The number of aryl methyl sites for hydroxylation is 1. The Morgan fingerprint density at radius 2 is 2.05 bits per heavy atom. The zero-order chi connectivity index (χ0) is 25.6. The van der Waals surface area contributed by atoms with Crippen molar-refractivity contribution in [3.8, 4) is 22.9 Å². The number of carbonyl (C=O) groups excluding carboxylic acids is 1. The summed E-state index contributed by atoms with van der Waals surface area (Å²) in [5.41, 5.74) is 4.16. The molecule has 9 nitrogen and oxygen atoms in total. The van der Waals surface area contributed by atoms with Crippen LogP contribution in [0.5, 0.6) is 11.6 Å². The lowest BCUT2D eigenvalue weighted by molar-refractivity contribution is -0.0523. The van der Waals surface area contributed by atoms with Crippen molar-refractivity contribution in [2.45, 2.75) is 51.2 Å². The fourth-order valence-electron chi connectivity index (χ4n) is 5.00. The fourth-order valence-corrected chi connectivity index (χ4v) is 5.00. The molecule has 2 aliphatic rings.